The van der Waals surface area contributed by atoms with Crippen molar-refractivity contribution in [3.8, 4) is 11.5 Å². The van der Waals surface area contributed by atoms with Crippen LogP contribution in [0.1, 0.15) is 16.7 Å². The van der Waals surface area contributed by atoms with Crippen LogP contribution in [0.3, 0.4) is 0 Å². The number of ether oxygens (including phenoxy) is 1. The summed E-state index contributed by atoms with van der Waals surface area (Å²) in [6, 6.07) is 22.5. The predicted octanol–water partition coefficient (Wildman–Crippen LogP) is 4.73. The minimum absolute atomic E-state index is 0.577. The molecule has 0 saturated heterocycles. The van der Waals surface area contributed by atoms with Gasteiger partial charge in [-0.15, -0.1) is 0 Å². The smallest absolute Gasteiger partial charge is 0.147 e. The molecule has 0 aliphatic carbocycles. The maximum absolute atomic E-state index is 11.6. The zero-order valence-electron chi connectivity index (χ0n) is 11.7. The van der Waals surface area contributed by atoms with E-state index in [1.165, 1.54) is 0 Å². The second kappa shape index (κ2) is 4.87. The van der Waals surface area contributed by atoms with Crippen molar-refractivity contribution in [2.24, 2.45) is 0 Å². The van der Waals surface area contributed by atoms with Gasteiger partial charge in [-0.05, 0) is 23.8 Å². The Morgan fingerprint density at radius 1 is 0.773 bits per heavy atom. The van der Waals surface area contributed by atoms with Gasteiger partial charge >= 0.3 is 0 Å². The first-order chi connectivity index (χ1) is 10.7. The number of rotatable bonds is 1. The average molecular weight is 309 g/mol. The first-order valence-corrected chi connectivity index (χ1v) is 7.42. The van der Waals surface area contributed by atoms with Crippen LogP contribution < -0.4 is 4.74 Å². The summed E-state index contributed by atoms with van der Waals surface area (Å²) in [5.74, 6) is 1.22. The minimum Gasteiger partial charge on any atom is -0.456 e. The van der Waals surface area contributed by atoms with Crippen LogP contribution in [0, 0.1) is 0 Å². The fourth-order valence-corrected chi connectivity index (χ4v) is 3.15. The zero-order chi connectivity index (χ0) is 15.2. The summed E-state index contributed by atoms with van der Waals surface area (Å²) in [6.45, 7) is 0. The van der Waals surface area contributed by atoms with E-state index in [4.69, 9.17) is 16.3 Å². The number of fused-ring (bicyclic) bond motifs is 2. The quantitative estimate of drug-likeness (QED) is 0.704. The second-order valence-corrected chi connectivity index (χ2v) is 5.75. The normalized spacial score (nSPS) is 19.0. The third-order valence-corrected chi connectivity index (χ3v) is 4.26. The molecule has 108 valence electrons. The highest BCUT2D eigenvalue weighted by atomic mass is 35.5. The van der Waals surface area contributed by atoms with Crippen molar-refractivity contribution in [1.82, 2.24) is 0 Å². The van der Waals surface area contributed by atoms with E-state index < -0.39 is 5.60 Å². The van der Waals surface area contributed by atoms with E-state index in [0.29, 0.717) is 22.1 Å². The first kappa shape index (κ1) is 13.4. The Morgan fingerprint density at radius 2 is 1.45 bits per heavy atom. The van der Waals surface area contributed by atoms with Gasteiger partial charge in [-0.3, -0.25) is 0 Å². The molecule has 3 aromatic carbocycles. The standard InChI is InChI=1S/C19H13ClO2/c20-14-10-11-16-18(12-14)22-17-9-5-4-8-15(17)19(16,21)13-6-2-1-3-7-13/h1-12,21H/t19-/m0/s1. The molecule has 0 saturated carbocycles. The number of benzene rings is 3. The van der Waals surface area contributed by atoms with E-state index in [-0.39, 0.29) is 0 Å². The highest BCUT2D eigenvalue weighted by molar-refractivity contribution is 6.30. The summed E-state index contributed by atoms with van der Waals surface area (Å²) in [4.78, 5) is 0. The van der Waals surface area contributed by atoms with Gasteiger partial charge in [-0.2, -0.15) is 0 Å². The number of aliphatic hydroxyl groups is 1. The first-order valence-electron chi connectivity index (χ1n) is 7.05. The zero-order valence-corrected chi connectivity index (χ0v) is 12.4. The Morgan fingerprint density at radius 3 is 2.27 bits per heavy atom. The van der Waals surface area contributed by atoms with Crippen molar-refractivity contribution in [2.75, 3.05) is 0 Å². The Kier molecular flexibility index (Phi) is 2.96. The van der Waals surface area contributed by atoms with Gasteiger partial charge in [-0.25, -0.2) is 0 Å². The number of hydrogen-bond donors (Lipinski definition) is 1. The largest absolute Gasteiger partial charge is 0.456 e. The van der Waals surface area contributed by atoms with Gasteiger partial charge < -0.3 is 9.84 Å². The number of para-hydroxylation sites is 1. The van der Waals surface area contributed by atoms with Crippen molar-refractivity contribution in [3.63, 3.8) is 0 Å². The molecule has 0 unspecified atom stereocenters. The van der Waals surface area contributed by atoms with Crippen molar-refractivity contribution >= 4 is 11.6 Å². The summed E-state index contributed by atoms with van der Waals surface area (Å²) in [7, 11) is 0. The molecular formula is C19H13ClO2. The molecule has 0 radical (unpaired) electrons. The van der Waals surface area contributed by atoms with Crippen LogP contribution in [0.4, 0.5) is 0 Å². The fraction of sp³-hybridized carbons (Fsp3) is 0.0526. The number of hydrogen-bond acceptors (Lipinski definition) is 2. The molecule has 0 aromatic heterocycles. The fourth-order valence-electron chi connectivity index (χ4n) is 2.99. The average Bonchev–Trinajstić information content (AvgIpc) is 2.55. The second-order valence-electron chi connectivity index (χ2n) is 5.32. The maximum atomic E-state index is 11.6. The molecule has 1 aliphatic heterocycles. The molecule has 0 amide bonds. The monoisotopic (exact) mass is 308 g/mol. The van der Waals surface area contributed by atoms with E-state index >= 15 is 0 Å². The topological polar surface area (TPSA) is 29.5 Å². The van der Waals surface area contributed by atoms with Crippen molar-refractivity contribution < 1.29 is 9.84 Å². The Bertz CT molecular complexity index is 845. The lowest BCUT2D eigenvalue weighted by atomic mass is 9.78. The van der Waals surface area contributed by atoms with Gasteiger partial charge in [0.15, 0.2) is 0 Å². The van der Waals surface area contributed by atoms with Gasteiger partial charge in [0, 0.05) is 16.1 Å². The number of halogens is 1. The lowest BCUT2D eigenvalue weighted by Gasteiger charge is -2.36. The molecule has 4 rings (SSSR count). The molecule has 0 fully saturated rings. The molecule has 0 spiro atoms. The van der Waals surface area contributed by atoms with Crippen LogP contribution in [-0.2, 0) is 5.60 Å². The summed E-state index contributed by atoms with van der Waals surface area (Å²) in [5.41, 5.74) is 0.975. The van der Waals surface area contributed by atoms with Gasteiger partial charge in [0.05, 0.1) is 0 Å². The van der Waals surface area contributed by atoms with Gasteiger partial charge in [-0.1, -0.05) is 66.2 Å². The molecular weight excluding hydrogens is 296 g/mol. The van der Waals surface area contributed by atoms with Crippen LogP contribution in [-0.4, -0.2) is 5.11 Å². The van der Waals surface area contributed by atoms with E-state index in [1.54, 1.807) is 12.1 Å². The van der Waals surface area contributed by atoms with Crippen LogP contribution >= 0.6 is 11.6 Å². The summed E-state index contributed by atoms with van der Waals surface area (Å²) in [6.07, 6.45) is 0. The Labute approximate surface area is 133 Å². The van der Waals surface area contributed by atoms with Crippen LogP contribution in [0.25, 0.3) is 0 Å². The molecule has 1 N–H and O–H groups in total. The van der Waals surface area contributed by atoms with Gasteiger partial charge in [0.1, 0.15) is 17.1 Å². The van der Waals surface area contributed by atoms with Crippen molar-refractivity contribution in [1.29, 1.82) is 0 Å². The van der Waals surface area contributed by atoms with Gasteiger partial charge in [0.25, 0.3) is 0 Å². The van der Waals surface area contributed by atoms with E-state index in [2.05, 4.69) is 0 Å². The highest BCUT2D eigenvalue weighted by Gasteiger charge is 2.41. The predicted molar refractivity (Wildman–Crippen MR) is 86.5 cm³/mol. The molecule has 22 heavy (non-hydrogen) atoms. The van der Waals surface area contributed by atoms with E-state index in [0.717, 1.165) is 11.1 Å². The third kappa shape index (κ3) is 1.85. The molecule has 2 nitrogen and oxygen atoms in total. The minimum atomic E-state index is -1.25. The Hall–Kier alpha value is -2.29. The highest BCUT2D eigenvalue weighted by Crippen LogP contribution is 2.50. The molecule has 1 atom stereocenters. The molecule has 3 heteroatoms. The summed E-state index contributed by atoms with van der Waals surface area (Å²) >= 11 is 6.08. The molecule has 1 heterocycles. The lowest BCUT2D eigenvalue weighted by molar-refractivity contribution is 0.112. The van der Waals surface area contributed by atoms with Crippen LogP contribution in [0.5, 0.6) is 11.5 Å². The maximum Gasteiger partial charge on any atom is 0.147 e. The molecule has 3 aromatic rings. The summed E-state index contributed by atoms with van der Waals surface area (Å²) < 4.78 is 5.93. The van der Waals surface area contributed by atoms with E-state index in [1.807, 2.05) is 60.7 Å². The van der Waals surface area contributed by atoms with Crippen molar-refractivity contribution in [2.45, 2.75) is 5.60 Å². The van der Waals surface area contributed by atoms with Gasteiger partial charge in [0.2, 0.25) is 0 Å². The Balaban J connectivity index is 2.06. The molecule has 1 aliphatic rings. The third-order valence-electron chi connectivity index (χ3n) is 4.02. The van der Waals surface area contributed by atoms with E-state index in [9.17, 15) is 5.11 Å². The SMILES string of the molecule is O[C@@]1(c2ccccc2)c2ccccc2Oc2cc(Cl)ccc21. The van der Waals surface area contributed by atoms with Crippen molar-refractivity contribution in [3.05, 3.63) is 94.5 Å². The van der Waals surface area contributed by atoms with Crippen LogP contribution in [0.2, 0.25) is 5.02 Å². The van der Waals surface area contributed by atoms with Crippen LogP contribution in [0.15, 0.2) is 72.8 Å². The lowest BCUT2D eigenvalue weighted by Crippen LogP contribution is -2.32. The molecule has 0 bridgehead atoms. The summed E-state index contributed by atoms with van der Waals surface area (Å²) in [5, 5.41) is 12.2.